The summed E-state index contributed by atoms with van der Waals surface area (Å²) in [5.74, 6) is -0.576. The van der Waals surface area contributed by atoms with Gasteiger partial charge in [-0.2, -0.15) is 0 Å². The Morgan fingerprint density at radius 2 is 2.26 bits per heavy atom. The fraction of sp³-hybridized carbons (Fsp3) is 0.474. The minimum Gasteiger partial charge on any atom is -0.466 e. The van der Waals surface area contributed by atoms with Crippen molar-refractivity contribution < 1.29 is 18.7 Å². The van der Waals surface area contributed by atoms with Crippen molar-refractivity contribution in [2.45, 2.75) is 45.4 Å². The molecule has 0 saturated heterocycles. The highest BCUT2D eigenvalue weighted by atomic mass is 19.1. The van der Waals surface area contributed by atoms with E-state index in [1.165, 1.54) is 6.07 Å². The number of benzene rings is 1. The third-order valence-electron chi connectivity index (χ3n) is 4.58. The van der Waals surface area contributed by atoms with Gasteiger partial charge in [-0.3, -0.25) is 9.59 Å². The predicted molar refractivity (Wildman–Crippen MR) is 86.8 cm³/mol. The second-order valence-corrected chi connectivity index (χ2v) is 6.03. The van der Waals surface area contributed by atoms with Crippen molar-refractivity contribution in [3.8, 4) is 0 Å². The van der Waals surface area contributed by atoms with Crippen LogP contribution in [-0.2, 0) is 16.0 Å². The summed E-state index contributed by atoms with van der Waals surface area (Å²) in [4.78, 5) is 24.4. The predicted octanol–water partition coefficient (Wildman–Crippen LogP) is 4.25. The minimum absolute atomic E-state index is 0.0259. The number of ether oxygens (including phenoxy) is 1. The molecule has 0 spiro atoms. The van der Waals surface area contributed by atoms with E-state index in [4.69, 9.17) is 4.74 Å². The summed E-state index contributed by atoms with van der Waals surface area (Å²) in [5, 5.41) is 0. The average molecular weight is 318 g/mol. The molecular formula is C19H23FO3. The number of carbonyl (C=O) groups is 2. The largest absolute Gasteiger partial charge is 0.466 e. The SMILES string of the molecule is C=CC[C@]1(CCCC(=O)OCC)CCc2c(F)cccc2C1=O. The Morgan fingerprint density at radius 1 is 1.48 bits per heavy atom. The Kier molecular flexibility index (Phi) is 5.69. The van der Waals surface area contributed by atoms with Gasteiger partial charge in [-0.15, -0.1) is 6.58 Å². The Labute approximate surface area is 136 Å². The van der Waals surface area contributed by atoms with E-state index in [1.807, 2.05) is 0 Å². The van der Waals surface area contributed by atoms with Crippen LogP contribution in [0.2, 0.25) is 0 Å². The van der Waals surface area contributed by atoms with Crippen molar-refractivity contribution in [3.05, 3.63) is 47.8 Å². The molecule has 0 heterocycles. The van der Waals surface area contributed by atoms with Crippen molar-refractivity contribution >= 4 is 11.8 Å². The second kappa shape index (κ2) is 7.53. The number of ketones is 1. The Hall–Kier alpha value is -1.97. The standard InChI is InChI=1S/C19H23FO3/c1-3-11-19(12-6-9-17(21)23-4-2)13-10-14-15(18(19)22)7-5-8-16(14)20/h3,5,7-8H,1,4,6,9-13H2,2H3/t19-/m0/s1. The highest BCUT2D eigenvalue weighted by Crippen LogP contribution is 2.43. The molecule has 1 aliphatic carbocycles. The zero-order valence-electron chi connectivity index (χ0n) is 13.6. The zero-order chi connectivity index (χ0) is 16.9. The van der Waals surface area contributed by atoms with Gasteiger partial charge in [0.1, 0.15) is 5.82 Å². The molecular weight excluding hydrogens is 295 g/mol. The van der Waals surface area contributed by atoms with Crippen molar-refractivity contribution in [1.82, 2.24) is 0 Å². The molecule has 0 fully saturated rings. The van der Waals surface area contributed by atoms with Crippen LogP contribution in [0.1, 0.15) is 54.9 Å². The lowest BCUT2D eigenvalue weighted by molar-refractivity contribution is -0.143. The molecule has 0 aliphatic heterocycles. The van der Waals surface area contributed by atoms with Crippen molar-refractivity contribution in [2.75, 3.05) is 6.61 Å². The molecule has 0 aromatic heterocycles. The van der Waals surface area contributed by atoms with Crippen LogP contribution in [0.3, 0.4) is 0 Å². The first-order valence-electron chi connectivity index (χ1n) is 8.13. The molecule has 1 aromatic carbocycles. The molecule has 23 heavy (non-hydrogen) atoms. The van der Waals surface area contributed by atoms with E-state index in [2.05, 4.69) is 6.58 Å². The van der Waals surface area contributed by atoms with Gasteiger partial charge in [0.15, 0.2) is 5.78 Å². The molecule has 0 saturated carbocycles. The fourth-order valence-corrected chi connectivity index (χ4v) is 3.40. The van der Waals surface area contributed by atoms with Crippen molar-refractivity contribution in [2.24, 2.45) is 5.41 Å². The van der Waals surface area contributed by atoms with Gasteiger partial charge in [0.2, 0.25) is 0 Å². The quantitative estimate of drug-likeness (QED) is 0.557. The Morgan fingerprint density at radius 3 is 2.96 bits per heavy atom. The van der Waals surface area contributed by atoms with Crippen LogP contribution >= 0.6 is 0 Å². The molecule has 3 nitrogen and oxygen atoms in total. The van der Waals surface area contributed by atoms with Crippen LogP contribution in [-0.4, -0.2) is 18.4 Å². The lowest BCUT2D eigenvalue weighted by atomic mass is 9.66. The molecule has 0 bridgehead atoms. The fourth-order valence-electron chi connectivity index (χ4n) is 3.40. The van der Waals surface area contributed by atoms with Crippen LogP contribution in [0.5, 0.6) is 0 Å². The second-order valence-electron chi connectivity index (χ2n) is 6.03. The first-order valence-corrected chi connectivity index (χ1v) is 8.13. The van der Waals surface area contributed by atoms with Crippen LogP contribution in [0.25, 0.3) is 0 Å². The van der Waals surface area contributed by atoms with E-state index >= 15 is 0 Å². The molecule has 1 atom stereocenters. The number of allylic oxidation sites excluding steroid dienone is 1. The van der Waals surface area contributed by atoms with Gasteiger partial charge in [-0.25, -0.2) is 4.39 Å². The average Bonchev–Trinajstić information content (AvgIpc) is 2.52. The maximum atomic E-state index is 13.9. The number of esters is 1. The molecule has 1 aromatic rings. The summed E-state index contributed by atoms with van der Waals surface area (Å²) in [7, 11) is 0. The number of hydrogen-bond acceptors (Lipinski definition) is 3. The lowest BCUT2D eigenvalue weighted by Crippen LogP contribution is -2.36. The van der Waals surface area contributed by atoms with Crippen LogP contribution in [0.4, 0.5) is 4.39 Å². The summed E-state index contributed by atoms with van der Waals surface area (Å²) in [6, 6.07) is 4.67. The number of Topliss-reactive ketones (excluding diaryl/α,β-unsaturated/α-hetero) is 1. The number of halogens is 1. The third kappa shape index (κ3) is 3.69. The summed E-state index contributed by atoms with van der Waals surface area (Å²) in [6.07, 6.45) is 4.90. The Balaban J connectivity index is 2.16. The molecule has 0 unspecified atom stereocenters. The van der Waals surface area contributed by atoms with E-state index in [-0.39, 0.29) is 17.6 Å². The van der Waals surface area contributed by atoms with Gasteiger partial charge < -0.3 is 4.74 Å². The molecule has 1 aliphatic rings. The molecule has 0 N–H and O–H groups in total. The van der Waals surface area contributed by atoms with Gasteiger partial charge in [0.05, 0.1) is 6.61 Å². The summed E-state index contributed by atoms with van der Waals surface area (Å²) in [6.45, 7) is 5.90. The third-order valence-corrected chi connectivity index (χ3v) is 4.58. The van der Waals surface area contributed by atoms with E-state index in [0.717, 1.165) is 0 Å². The number of hydrogen-bond donors (Lipinski definition) is 0. The minimum atomic E-state index is -0.574. The van der Waals surface area contributed by atoms with Gasteiger partial charge in [-0.1, -0.05) is 18.2 Å². The molecule has 4 heteroatoms. The summed E-state index contributed by atoms with van der Waals surface area (Å²) in [5.41, 5.74) is 0.423. The van der Waals surface area contributed by atoms with E-state index in [9.17, 15) is 14.0 Å². The van der Waals surface area contributed by atoms with Gasteiger partial charge in [0, 0.05) is 17.4 Å². The van der Waals surface area contributed by atoms with Crippen LogP contribution in [0.15, 0.2) is 30.9 Å². The highest BCUT2D eigenvalue weighted by molar-refractivity contribution is 6.03. The normalized spacial score (nSPS) is 20.0. The number of fused-ring (bicyclic) bond motifs is 1. The highest BCUT2D eigenvalue weighted by Gasteiger charge is 2.41. The first kappa shape index (κ1) is 17.4. The topological polar surface area (TPSA) is 43.4 Å². The maximum Gasteiger partial charge on any atom is 0.305 e. The molecule has 0 amide bonds. The van der Waals surface area contributed by atoms with E-state index in [1.54, 1.807) is 25.1 Å². The van der Waals surface area contributed by atoms with Crippen LogP contribution in [0, 0.1) is 11.2 Å². The first-order chi connectivity index (χ1) is 11.0. The van der Waals surface area contributed by atoms with Crippen molar-refractivity contribution in [1.29, 1.82) is 0 Å². The van der Waals surface area contributed by atoms with E-state index in [0.29, 0.717) is 56.3 Å². The van der Waals surface area contributed by atoms with Gasteiger partial charge in [0.25, 0.3) is 0 Å². The Bertz CT molecular complexity index is 609. The number of carbonyl (C=O) groups excluding carboxylic acids is 2. The molecule has 2 rings (SSSR count). The maximum absolute atomic E-state index is 13.9. The lowest BCUT2D eigenvalue weighted by Gasteiger charge is -2.36. The van der Waals surface area contributed by atoms with Gasteiger partial charge >= 0.3 is 5.97 Å². The number of rotatable bonds is 7. The van der Waals surface area contributed by atoms with Crippen LogP contribution < -0.4 is 0 Å². The monoisotopic (exact) mass is 318 g/mol. The zero-order valence-corrected chi connectivity index (χ0v) is 13.6. The van der Waals surface area contributed by atoms with Crippen molar-refractivity contribution in [3.63, 3.8) is 0 Å². The molecule has 124 valence electrons. The van der Waals surface area contributed by atoms with Gasteiger partial charge in [-0.05, 0) is 50.7 Å². The smallest absolute Gasteiger partial charge is 0.305 e. The molecule has 0 radical (unpaired) electrons. The summed E-state index contributed by atoms with van der Waals surface area (Å²) >= 11 is 0. The van der Waals surface area contributed by atoms with E-state index < -0.39 is 5.41 Å². The summed E-state index contributed by atoms with van der Waals surface area (Å²) < 4.78 is 18.8.